The summed E-state index contributed by atoms with van der Waals surface area (Å²) < 4.78 is 32.0. The molecule has 0 aromatic heterocycles. The summed E-state index contributed by atoms with van der Waals surface area (Å²) in [7, 11) is 0. The van der Waals surface area contributed by atoms with Crippen molar-refractivity contribution in [3.05, 3.63) is 0 Å². The third-order valence-corrected chi connectivity index (χ3v) is 2.62. The Morgan fingerprint density at radius 1 is 1.53 bits per heavy atom. The van der Waals surface area contributed by atoms with Gasteiger partial charge in [-0.15, -0.1) is 0 Å². The molecule has 6 heteroatoms. The fraction of sp³-hybridized carbons (Fsp3) is 0.909. The lowest BCUT2D eigenvalue weighted by Crippen LogP contribution is -2.52. The van der Waals surface area contributed by atoms with Crippen molar-refractivity contribution in [2.24, 2.45) is 5.92 Å². The molecular weight excluding hydrogens is 232 g/mol. The summed E-state index contributed by atoms with van der Waals surface area (Å²) in [5.41, 5.74) is -0.694. The van der Waals surface area contributed by atoms with Gasteiger partial charge in [0.05, 0.1) is 13.2 Å². The molecule has 1 unspecified atom stereocenters. The quantitative estimate of drug-likeness (QED) is 0.774. The van der Waals surface area contributed by atoms with E-state index >= 15 is 0 Å². The van der Waals surface area contributed by atoms with Gasteiger partial charge in [-0.1, -0.05) is 0 Å². The predicted molar refractivity (Wildman–Crippen MR) is 57.9 cm³/mol. The standard InChI is InChI=1S/C11H19F2NO3/c1-10(2,3)17-9(16)14-5-4-8(6-15)11(12,13)7-14/h8,15H,4-7H2,1-3H3. The molecule has 1 N–H and O–H groups in total. The Bertz CT molecular complexity index is 289. The monoisotopic (exact) mass is 251 g/mol. The number of piperidine rings is 1. The Kier molecular flexibility index (Phi) is 3.96. The van der Waals surface area contributed by atoms with Crippen molar-refractivity contribution >= 4 is 6.09 Å². The third kappa shape index (κ3) is 3.80. The molecule has 1 aliphatic rings. The molecule has 0 aromatic carbocycles. The summed E-state index contributed by atoms with van der Waals surface area (Å²) in [6, 6.07) is 0. The first kappa shape index (κ1) is 14.2. The van der Waals surface area contributed by atoms with Crippen LogP contribution in [0.15, 0.2) is 0 Å². The number of rotatable bonds is 1. The van der Waals surface area contributed by atoms with Crippen molar-refractivity contribution in [3.63, 3.8) is 0 Å². The number of ether oxygens (including phenoxy) is 1. The molecule has 1 atom stereocenters. The van der Waals surface area contributed by atoms with E-state index in [0.29, 0.717) is 0 Å². The molecule has 0 radical (unpaired) electrons. The van der Waals surface area contributed by atoms with Crippen LogP contribution in [0.1, 0.15) is 27.2 Å². The maximum atomic E-state index is 13.5. The number of hydrogen-bond acceptors (Lipinski definition) is 3. The average Bonchev–Trinajstić information content (AvgIpc) is 2.13. The van der Waals surface area contributed by atoms with Crippen LogP contribution in [-0.2, 0) is 4.74 Å². The zero-order valence-electron chi connectivity index (χ0n) is 10.4. The Hall–Kier alpha value is -0.910. The topological polar surface area (TPSA) is 49.8 Å². The van der Waals surface area contributed by atoms with Gasteiger partial charge in [0, 0.05) is 12.5 Å². The Labute approximate surface area is 99.5 Å². The van der Waals surface area contributed by atoms with Gasteiger partial charge in [0.1, 0.15) is 5.60 Å². The molecule has 1 fully saturated rings. The number of carbonyl (C=O) groups excluding carboxylic acids is 1. The zero-order valence-corrected chi connectivity index (χ0v) is 10.4. The van der Waals surface area contributed by atoms with Gasteiger partial charge in [-0.2, -0.15) is 0 Å². The van der Waals surface area contributed by atoms with Gasteiger partial charge in [-0.3, -0.25) is 0 Å². The summed E-state index contributed by atoms with van der Waals surface area (Å²) in [5, 5.41) is 8.82. The fourth-order valence-corrected chi connectivity index (χ4v) is 1.69. The van der Waals surface area contributed by atoms with Crippen molar-refractivity contribution in [1.29, 1.82) is 0 Å². The molecule has 17 heavy (non-hydrogen) atoms. The molecule has 0 aromatic rings. The lowest BCUT2D eigenvalue weighted by Gasteiger charge is -2.38. The highest BCUT2D eigenvalue weighted by Crippen LogP contribution is 2.33. The normalized spacial score (nSPS) is 24.6. The van der Waals surface area contributed by atoms with Gasteiger partial charge in [0.25, 0.3) is 5.92 Å². The summed E-state index contributed by atoms with van der Waals surface area (Å²) in [5.74, 6) is -4.12. The molecule has 1 rings (SSSR count). The van der Waals surface area contributed by atoms with Gasteiger partial charge in [0.2, 0.25) is 0 Å². The third-order valence-electron chi connectivity index (χ3n) is 2.62. The van der Waals surface area contributed by atoms with Crippen LogP contribution in [0.2, 0.25) is 0 Å². The SMILES string of the molecule is CC(C)(C)OC(=O)N1CCC(CO)C(F)(F)C1. The highest BCUT2D eigenvalue weighted by molar-refractivity contribution is 5.68. The summed E-state index contributed by atoms with van der Waals surface area (Å²) in [6.45, 7) is 3.99. The summed E-state index contributed by atoms with van der Waals surface area (Å²) in [6.07, 6.45) is -0.642. The van der Waals surface area contributed by atoms with Crippen molar-refractivity contribution in [1.82, 2.24) is 4.90 Å². The molecule has 0 bridgehead atoms. The number of amides is 1. The van der Waals surface area contributed by atoms with E-state index in [9.17, 15) is 13.6 Å². The zero-order chi connectivity index (χ0) is 13.3. The lowest BCUT2D eigenvalue weighted by molar-refractivity contribution is -0.122. The van der Waals surface area contributed by atoms with E-state index in [0.717, 1.165) is 4.90 Å². The number of carbonyl (C=O) groups is 1. The van der Waals surface area contributed by atoms with Crippen LogP contribution in [0.3, 0.4) is 0 Å². The van der Waals surface area contributed by atoms with Crippen LogP contribution in [0.5, 0.6) is 0 Å². The number of halogens is 2. The Morgan fingerprint density at radius 3 is 2.53 bits per heavy atom. The fourth-order valence-electron chi connectivity index (χ4n) is 1.69. The van der Waals surface area contributed by atoms with E-state index in [4.69, 9.17) is 9.84 Å². The van der Waals surface area contributed by atoms with Gasteiger partial charge < -0.3 is 14.7 Å². The number of aliphatic hydroxyl groups is 1. The van der Waals surface area contributed by atoms with Crippen LogP contribution in [0.4, 0.5) is 13.6 Å². The van der Waals surface area contributed by atoms with Crippen molar-refractivity contribution in [3.8, 4) is 0 Å². The Balaban J connectivity index is 2.62. The van der Waals surface area contributed by atoms with Crippen LogP contribution in [-0.4, -0.2) is 47.3 Å². The molecule has 1 aliphatic heterocycles. The average molecular weight is 251 g/mol. The number of aliphatic hydroxyl groups excluding tert-OH is 1. The molecule has 0 aliphatic carbocycles. The van der Waals surface area contributed by atoms with Crippen LogP contribution in [0.25, 0.3) is 0 Å². The maximum absolute atomic E-state index is 13.5. The van der Waals surface area contributed by atoms with E-state index in [1.54, 1.807) is 20.8 Å². The highest BCUT2D eigenvalue weighted by Gasteiger charge is 2.46. The second kappa shape index (κ2) is 4.76. The van der Waals surface area contributed by atoms with Gasteiger partial charge in [-0.05, 0) is 27.2 Å². The first-order chi connectivity index (χ1) is 7.65. The maximum Gasteiger partial charge on any atom is 0.410 e. The van der Waals surface area contributed by atoms with E-state index in [-0.39, 0.29) is 13.0 Å². The predicted octanol–water partition coefficient (Wildman–Crippen LogP) is 1.87. The molecule has 1 saturated heterocycles. The first-order valence-electron chi connectivity index (χ1n) is 5.62. The first-order valence-corrected chi connectivity index (χ1v) is 5.62. The van der Waals surface area contributed by atoms with Crippen molar-refractivity contribution in [2.45, 2.75) is 38.7 Å². The van der Waals surface area contributed by atoms with Crippen molar-refractivity contribution in [2.75, 3.05) is 19.7 Å². The van der Waals surface area contributed by atoms with Crippen LogP contribution < -0.4 is 0 Å². The largest absolute Gasteiger partial charge is 0.444 e. The van der Waals surface area contributed by atoms with E-state index in [2.05, 4.69) is 0 Å². The number of nitrogens with zero attached hydrogens (tertiary/aromatic N) is 1. The molecule has 4 nitrogen and oxygen atoms in total. The van der Waals surface area contributed by atoms with Crippen molar-refractivity contribution < 1.29 is 23.4 Å². The number of likely N-dealkylation sites (tertiary alicyclic amines) is 1. The van der Waals surface area contributed by atoms with E-state index in [1.165, 1.54) is 0 Å². The van der Waals surface area contributed by atoms with Gasteiger partial charge in [-0.25, -0.2) is 13.6 Å². The smallest absolute Gasteiger partial charge is 0.410 e. The summed E-state index contributed by atoms with van der Waals surface area (Å²) in [4.78, 5) is 12.6. The van der Waals surface area contributed by atoms with Crippen LogP contribution in [0, 0.1) is 5.92 Å². The highest BCUT2D eigenvalue weighted by atomic mass is 19.3. The second-order valence-electron chi connectivity index (χ2n) is 5.33. The molecular formula is C11H19F2NO3. The molecule has 0 saturated carbocycles. The van der Waals surface area contributed by atoms with E-state index in [1.807, 2.05) is 0 Å². The van der Waals surface area contributed by atoms with Gasteiger partial charge in [0.15, 0.2) is 0 Å². The molecule has 0 spiro atoms. The van der Waals surface area contributed by atoms with E-state index < -0.39 is 36.7 Å². The Morgan fingerprint density at radius 2 is 2.12 bits per heavy atom. The minimum absolute atomic E-state index is 0.0861. The second-order valence-corrected chi connectivity index (χ2v) is 5.33. The minimum Gasteiger partial charge on any atom is -0.444 e. The van der Waals surface area contributed by atoms with Crippen LogP contribution >= 0.6 is 0 Å². The molecule has 1 amide bonds. The number of alkyl halides is 2. The molecule has 100 valence electrons. The number of hydrogen-bond donors (Lipinski definition) is 1. The lowest BCUT2D eigenvalue weighted by atomic mass is 9.94. The molecule has 1 heterocycles. The summed E-state index contributed by atoms with van der Waals surface area (Å²) >= 11 is 0. The minimum atomic E-state index is -3.05. The van der Waals surface area contributed by atoms with Gasteiger partial charge >= 0.3 is 6.09 Å².